The highest BCUT2D eigenvalue weighted by Crippen LogP contribution is 2.23. The number of hydrogen-bond acceptors (Lipinski definition) is 7. The van der Waals surface area contributed by atoms with E-state index in [2.05, 4.69) is 20.0 Å². The molecule has 1 unspecified atom stereocenters. The van der Waals surface area contributed by atoms with Gasteiger partial charge in [-0.1, -0.05) is 0 Å². The molecule has 1 aliphatic heterocycles. The molecule has 8 nitrogen and oxygen atoms in total. The largest absolute Gasteiger partial charge is 0.479 e. The number of esters is 1. The Bertz CT molecular complexity index is 499. The van der Waals surface area contributed by atoms with Crippen molar-refractivity contribution < 1.29 is 24.2 Å². The second kappa shape index (κ2) is 5.19. The van der Waals surface area contributed by atoms with Crippen LogP contribution < -0.4 is 5.32 Å². The highest BCUT2D eigenvalue weighted by atomic mass is 16.5. The summed E-state index contributed by atoms with van der Waals surface area (Å²) in [6.07, 6.45) is 2.90. The number of carbonyl (C=O) groups is 2. The van der Waals surface area contributed by atoms with Gasteiger partial charge in [0.1, 0.15) is 5.82 Å². The van der Waals surface area contributed by atoms with E-state index in [0.29, 0.717) is 13.0 Å². The molecular formula is C11H13N3O5. The number of nitrogens with zero attached hydrogens (tertiary/aromatic N) is 2. The second-order valence-electron chi connectivity index (χ2n) is 4.10. The van der Waals surface area contributed by atoms with Gasteiger partial charge in [0.15, 0.2) is 11.2 Å². The topological polar surface area (TPSA) is 111 Å². The summed E-state index contributed by atoms with van der Waals surface area (Å²) in [7, 11) is 1.23. The maximum atomic E-state index is 11.3. The molecule has 0 aliphatic carbocycles. The Morgan fingerprint density at radius 1 is 1.53 bits per heavy atom. The third kappa shape index (κ3) is 2.63. The molecule has 1 saturated heterocycles. The smallest absolute Gasteiger partial charge is 0.358 e. The Balaban J connectivity index is 2.23. The summed E-state index contributed by atoms with van der Waals surface area (Å²) in [5.41, 5.74) is -1.23. The summed E-state index contributed by atoms with van der Waals surface area (Å²) < 4.78 is 9.63. The third-order valence-electron chi connectivity index (χ3n) is 2.83. The lowest BCUT2D eigenvalue weighted by molar-refractivity contribution is -0.142. The van der Waals surface area contributed by atoms with Gasteiger partial charge < -0.3 is 19.9 Å². The lowest BCUT2D eigenvalue weighted by Gasteiger charge is -2.24. The first-order chi connectivity index (χ1) is 9.07. The molecule has 0 spiro atoms. The molecule has 0 bridgehead atoms. The number of carboxylic acid groups (broad SMARTS) is 1. The number of carbonyl (C=O) groups excluding carboxylic acids is 1. The summed E-state index contributed by atoms with van der Waals surface area (Å²) in [4.78, 5) is 30.4. The van der Waals surface area contributed by atoms with Crippen LogP contribution in [0.3, 0.4) is 0 Å². The number of aromatic nitrogens is 2. The third-order valence-corrected chi connectivity index (χ3v) is 2.83. The maximum Gasteiger partial charge on any atom is 0.358 e. The van der Waals surface area contributed by atoms with Crippen molar-refractivity contribution >= 4 is 17.8 Å². The minimum Gasteiger partial charge on any atom is -0.479 e. The van der Waals surface area contributed by atoms with Crippen LogP contribution in [0, 0.1) is 0 Å². The van der Waals surface area contributed by atoms with E-state index >= 15 is 0 Å². The quantitative estimate of drug-likeness (QED) is 0.729. The number of hydrogen-bond donors (Lipinski definition) is 2. The molecule has 2 heterocycles. The van der Waals surface area contributed by atoms with Crippen molar-refractivity contribution in [1.82, 2.24) is 9.97 Å². The first kappa shape index (κ1) is 13.2. The van der Waals surface area contributed by atoms with Gasteiger partial charge in [0.2, 0.25) is 0 Å². The van der Waals surface area contributed by atoms with E-state index in [1.807, 2.05) is 0 Å². The number of rotatable bonds is 4. The molecule has 0 saturated carbocycles. The van der Waals surface area contributed by atoms with Gasteiger partial charge in [-0.25, -0.2) is 14.6 Å². The summed E-state index contributed by atoms with van der Waals surface area (Å²) in [5, 5.41) is 12.0. The molecule has 0 radical (unpaired) electrons. The van der Waals surface area contributed by atoms with Crippen LogP contribution in [-0.2, 0) is 14.3 Å². The molecular weight excluding hydrogens is 254 g/mol. The molecule has 1 atom stereocenters. The van der Waals surface area contributed by atoms with Crippen molar-refractivity contribution in [2.24, 2.45) is 0 Å². The highest BCUT2D eigenvalue weighted by molar-refractivity contribution is 5.87. The fourth-order valence-electron chi connectivity index (χ4n) is 1.76. The van der Waals surface area contributed by atoms with E-state index in [1.54, 1.807) is 0 Å². The van der Waals surface area contributed by atoms with E-state index in [9.17, 15) is 14.7 Å². The lowest BCUT2D eigenvalue weighted by Crippen LogP contribution is -2.47. The molecule has 2 rings (SSSR count). The molecule has 19 heavy (non-hydrogen) atoms. The molecule has 1 aromatic heterocycles. The predicted octanol–water partition coefficient (Wildman–Crippen LogP) is -0.0812. The zero-order chi connectivity index (χ0) is 13.9. The molecule has 2 N–H and O–H groups in total. The molecule has 1 aromatic rings. The second-order valence-corrected chi connectivity index (χ2v) is 4.10. The van der Waals surface area contributed by atoms with Crippen LogP contribution in [0.25, 0.3) is 0 Å². The number of anilines is 1. The van der Waals surface area contributed by atoms with Gasteiger partial charge >= 0.3 is 11.9 Å². The zero-order valence-corrected chi connectivity index (χ0v) is 10.3. The Labute approximate surface area is 108 Å². The Morgan fingerprint density at radius 2 is 2.32 bits per heavy atom. The van der Waals surface area contributed by atoms with E-state index in [0.717, 1.165) is 0 Å². The van der Waals surface area contributed by atoms with Gasteiger partial charge in [-0.05, 0) is 0 Å². The average Bonchev–Trinajstić information content (AvgIpc) is 2.88. The molecule has 1 fully saturated rings. The highest BCUT2D eigenvalue weighted by Gasteiger charge is 2.43. The minimum atomic E-state index is -1.23. The molecule has 1 aliphatic rings. The van der Waals surface area contributed by atoms with Gasteiger partial charge in [-0.2, -0.15) is 0 Å². The number of nitrogens with one attached hydrogen (secondary N) is 1. The van der Waals surface area contributed by atoms with Crippen LogP contribution in [0.5, 0.6) is 0 Å². The van der Waals surface area contributed by atoms with E-state index in [4.69, 9.17) is 4.74 Å². The van der Waals surface area contributed by atoms with Gasteiger partial charge in [-0.15, -0.1) is 0 Å². The van der Waals surface area contributed by atoms with Crippen LogP contribution in [0.4, 0.5) is 5.82 Å². The Morgan fingerprint density at radius 3 is 2.89 bits per heavy atom. The van der Waals surface area contributed by atoms with E-state index in [1.165, 1.54) is 19.5 Å². The van der Waals surface area contributed by atoms with Crippen molar-refractivity contribution in [1.29, 1.82) is 0 Å². The molecule has 8 heteroatoms. The predicted molar refractivity (Wildman–Crippen MR) is 62.8 cm³/mol. The van der Waals surface area contributed by atoms with Crippen LogP contribution in [0.15, 0.2) is 12.4 Å². The number of ether oxygens (including phenoxy) is 2. The van der Waals surface area contributed by atoms with Crippen LogP contribution in [-0.4, -0.2) is 52.9 Å². The Hall–Kier alpha value is -2.22. The van der Waals surface area contributed by atoms with Crippen molar-refractivity contribution in [3.05, 3.63) is 18.1 Å². The SMILES string of the molecule is COC(=O)c1cncc(NC2(C(=O)O)CCOC2)n1. The fourth-order valence-corrected chi connectivity index (χ4v) is 1.76. The van der Waals surface area contributed by atoms with Crippen molar-refractivity contribution in [2.45, 2.75) is 12.0 Å². The summed E-state index contributed by atoms with van der Waals surface area (Å²) in [5.74, 6) is -1.48. The number of methoxy groups -OCH3 is 1. The average molecular weight is 267 g/mol. The van der Waals surface area contributed by atoms with Gasteiger partial charge in [-0.3, -0.25) is 4.98 Å². The Kier molecular flexibility index (Phi) is 3.61. The number of carboxylic acids is 1. The minimum absolute atomic E-state index is 0.00644. The molecule has 102 valence electrons. The molecule has 0 aromatic carbocycles. The van der Waals surface area contributed by atoms with Crippen molar-refractivity contribution in [3.63, 3.8) is 0 Å². The normalized spacial score (nSPS) is 21.9. The van der Waals surface area contributed by atoms with Crippen molar-refractivity contribution in [2.75, 3.05) is 25.6 Å². The number of aliphatic carboxylic acids is 1. The first-order valence-electron chi connectivity index (χ1n) is 5.57. The first-order valence-corrected chi connectivity index (χ1v) is 5.57. The maximum absolute atomic E-state index is 11.3. The monoisotopic (exact) mass is 267 g/mol. The molecule has 0 amide bonds. The van der Waals surface area contributed by atoms with Gasteiger partial charge in [0, 0.05) is 13.0 Å². The summed E-state index contributed by atoms with van der Waals surface area (Å²) in [6.45, 7) is 0.385. The lowest BCUT2D eigenvalue weighted by atomic mass is 9.99. The summed E-state index contributed by atoms with van der Waals surface area (Å²) >= 11 is 0. The van der Waals surface area contributed by atoms with E-state index < -0.39 is 17.5 Å². The van der Waals surface area contributed by atoms with Crippen LogP contribution in [0.1, 0.15) is 16.9 Å². The van der Waals surface area contributed by atoms with E-state index in [-0.39, 0.29) is 18.1 Å². The van der Waals surface area contributed by atoms with Crippen molar-refractivity contribution in [3.8, 4) is 0 Å². The van der Waals surface area contributed by atoms with Gasteiger partial charge in [0.25, 0.3) is 0 Å². The standard InChI is InChI=1S/C11H13N3O5/c1-18-9(15)7-4-12-5-8(13-7)14-11(10(16)17)2-3-19-6-11/h4-5H,2-3,6H2,1H3,(H,13,14)(H,16,17). The van der Waals surface area contributed by atoms with Crippen LogP contribution >= 0.6 is 0 Å². The fraction of sp³-hybridized carbons (Fsp3) is 0.455. The van der Waals surface area contributed by atoms with Gasteiger partial charge in [0.05, 0.1) is 26.1 Å². The van der Waals surface area contributed by atoms with Crippen LogP contribution in [0.2, 0.25) is 0 Å². The summed E-state index contributed by atoms with van der Waals surface area (Å²) in [6, 6.07) is 0. The zero-order valence-electron chi connectivity index (χ0n) is 10.3.